The van der Waals surface area contributed by atoms with Crippen LogP contribution in [0.4, 0.5) is 0 Å². The molecular formula is C24H26O14. The van der Waals surface area contributed by atoms with Gasteiger partial charge in [0, 0.05) is 11.5 Å². The van der Waals surface area contributed by atoms with Gasteiger partial charge in [-0.05, 0) is 24.6 Å². The molecule has 1 aromatic rings. The standard InChI is InChI=1S/C24H26O14/c1-34-14-6-9(2-5-13(14)25)22(33)35-8-15-17(26)18(27)19(28)24(37-15)38-23-16-10(3-4-11(16)20(29)30)12(7-36-23)21(31)32/h2,4-7,10,15-19,23-28H,3,8H2,1H3,(H,29,30)(H,31,32)/t10-,15-,16+,17-,18+,19-,23-,24+/m1/s1. The highest BCUT2D eigenvalue weighted by Crippen LogP contribution is 2.44. The molecule has 6 N–H and O–H groups in total. The van der Waals surface area contributed by atoms with E-state index in [1.54, 1.807) is 0 Å². The SMILES string of the molecule is COc1cc(C(=O)OC[C@H]2O[C@@H](O[C@H]3OC=C(C(=O)O)[C@H]4CC=C(C(=O)O)[C@@H]34)[C@H](O)[C@@H](O)[C@@H]2O)ccc1O. The summed E-state index contributed by atoms with van der Waals surface area (Å²) in [6, 6.07) is 3.72. The van der Waals surface area contributed by atoms with Crippen molar-refractivity contribution in [3.63, 3.8) is 0 Å². The van der Waals surface area contributed by atoms with E-state index in [2.05, 4.69) is 0 Å². The zero-order valence-electron chi connectivity index (χ0n) is 19.9. The van der Waals surface area contributed by atoms with Crippen molar-refractivity contribution in [1.82, 2.24) is 0 Å². The largest absolute Gasteiger partial charge is 0.504 e. The molecule has 0 spiro atoms. The highest BCUT2D eigenvalue weighted by Gasteiger charge is 2.51. The van der Waals surface area contributed by atoms with Crippen LogP contribution in [-0.2, 0) is 28.5 Å². The van der Waals surface area contributed by atoms with Gasteiger partial charge in [-0.15, -0.1) is 0 Å². The molecule has 1 aromatic carbocycles. The Bertz CT molecular complexity index is 1160. The minimum Gasteiger partial charge on any atom is -0.504 e. The molecule has 1 saturated heterocycles. The van der Waals surface area contributed by atoms with Crippen molar-refractivity contribution >= 4 is 17.9 Å². The number of aliphatic hydroxyl groups is 3. The molecule has 206 valence electrons. The van der Waals surface area contributed by atoms with Crippen molar-refractivity contribution in [2.24, 2.45) is 11.8 Å². The quantitative estimate of drug-likeness (QED) is 0.227. The van der Waals surface area contributed by atoms with Gasteiger partial charge < -0.3 is 54.3 Å². The number of carbonyl (C=O) groups is 3. The Labute approximate surface area is 214 Å². The number of carboxylic acid groups (broad SMARTS) is 2. The van der Waals surface area contributed by atoms with Crippen molar-refractivity contribution in [1.29, 1.82) is 0 Å². The molecule has 0 aromatic heterocycles. The molecular weight excluding hydrogens is 512 g/mol. The highest BCUT2D eigenvalue weighted by molar-refractivity contribution is 5.91. The van der Waals surface area contributed by atoms with Gasteiger partial charge in [0.2, 0.25) is 6.29 Å². The number of allylic oxidation sites excluding steroid dienone is 1. The number of phenolic OH excluding ortho intramolecular Hbond substituents is 1. The number of aromatic hydroxyl groups is 1. The molecule has 14 nitrogen and oxygen atoms in total. The van der Waals surface area contributed by atoms with Crippen LogP contribution < -0.4 is 4.74 Å². The van der Waals surface area contributed by atoms with E-state index in [4.69, 9.17) is 23.7 Å². The van der Waals surface area contributed by atoms with Crippen LogP contribution in [0.25, 0.3) is 0 Å². The molecule has 3 aliphatic rings. The van der Waals surface area contributed by atoms with Crippen LogP contribution in [0.1, 0.15) is 16.8 Å². The monoisotopic (exact) mass is 538 g/mol. The number of carbonyl (C=O) groups excluding carboxylic acids is 1. The van der Waals surface area contributed by atoms with E-state index in [0.29, 0.717) is 0 Å². The van der Waals surface area contributed by atoms with Crippen LogP contribution in [0.5, 0.6) is 11.5 Å². The Morgan fingerprint density at radius 2 is 1.71 bits per heavy atom. The summed E-state index contributed by atoms with van der Waals surface area (Å²) in [5.74, 6) is -5.50. The zero-order valence-corrected chi connectivity index (χ0v) is 19.9. The number of aliphatic carboxylic acids is 2. The number of hydrogen-bond donors (Lipinski definition) is 6. The Morgan fingerprint density at radius 1 is 1.00 bits per heavy atom. The second-order valence-corrected chi connectivity index (χ2v) is 8.85. The Morgan fingerprint density at radius 3 is 2.37 bits per heavy atom. The predicted molar refractivity (Wildman–Crippen MR) is 121 cm³/mol. The van der Waals surface area contributed by atoms with Gasteiger partial charge in [0.25, 0.3) is 0 Å². The fraction of sp³-hybridized carbons (Fsp3) is 0.458. The van der Waals surface area contributed by atoms with Crippen molar-refractivity contribution < 1.29 is 68.7 Å². The van der Waals surface area contributed by atoms with Gasteiger partial charge in [-0.2, -0.15) is 0 Å². The lowest BCUT2D eigenvalue weighted by Gasteiger charge is -2.42. The second kappa shape index (κ2) is 11.0. The third kappa shape index (κ3) is 5.16. The number of benzene rings is 1. The van der Waals surface area contributed by atoms with Crippen LogP contribution in [0, 0.1) is 11.8 Å². The molecule has 0 bridgehead atoms. The lowest BCUT2D eigenvalue weighted by molar-refractivity contribution is -0.339. The number of ether oxygens (including phenoxy) is 5. The number of phenols is 1. The van der Waals surface area contributed by atoms with Gasteiger partial charge >= 0.3 is 17.9 Å². The van der Waals surface area contributed by atoms with E-state index in [1.165, 1.54) is 31.4 Å². The van der Waals surface area contributed by atoms with Crippen molar-refractivity contribution in [3.05, 3.63) is 47.2 Å². The summed E-state index contributed by atoms with van der Waals surface area (Å²) in [7, 11) is 1.29. The summed E-state index contributed by atoms with van der Waals surface area (Å²) in [5.41, 5.74) is -0.290. The minimum absolute atomic E-state index is 0.00947. The van der Waals surface area contributed by atoms with Gasteiger partial charge in [-0.3, -0.25) is 0 Å². The summed E-state index contributed by atoms with van der Waals surface area (Å²) in [6.45, 7) is -0.590. The van der Waals surface area contributed by atoms with Gasteiger partial charge in [0.1, 0.15) is 31.0 Å². The number of methoxy groups -OCH3 is 1. The second-order valence-electron chi connectivity index (χ2n) is 8.85. The van der Waals surface area contributed by atoms with E-state index >= 15 is 0 Å². The van der Waals surface area contributed by atoms with E-state index in [9.17, 15) is 45.0 Å². The lowest BCUT2D eigenvalue weighted by Crippen LogP contribution is -2.60. The van der Waals surface area contributed by atoms with Crippen LogP contribution >= 0.6 is 0 Å². The van der Waals surface area contributed by atoms with E-state index in [0.717, 1.165) is 6.26 Å². The number of hydrogen-bond acceptors (Lipinski definition) is 12. The Kier molecular flexibility index (Phi) is 7.89. The average molecular weight is 538 g/mol. The fourth-order valence-corrected chi connectivity index (χ4v) is 4.62. The smallest absolute Gasteiger partial charge is 0.338 e. The average Bonchev–Trinajstić information content (AvgIpc) is 3.34. The van der Waals surface area contributed by atoms with Crippen molar-refractivity contribution in [3.8, 4) is 11.5 Å². The molecule has 14 heteroatoms. The van der Waals surface area contributed by atoms with E-state index < -0.39 is 73.3 Å². The van der Waals surface area contributed by atoms with Gasteiger partial charge in [0.15, 0.2) is 17.8 Å². The first-order valence-electron chi connectivity index (χ1n) is 11.4. The minimum atomic E-state index is -1.82. The topological polar surface area (TPSA) is 219 Å². The van der Waals surface area contributed by atoms with E-state index in [1.807, 2.05) is 0 Å². The van der Waals surface area contributed by atoms with Crippen LogP contribution in [0.15, 0.2) is 41.7 Å². The molecule has 38 heavy (non-hydrogen) atoms. The molecule has 1 fully saturated rings. The number of rotatable bonds is 8. The predicted octanol–water partition coefficient (Wildman–Crippen LogP) is -0.646. The molecule has 4 rings (SSSR count). The maximum absolute atomic E-state index is 12.5. The summed E-state index contributed by atoms with van der Waals surface area (Å²) in [6.07, 6.45) is -7.42. The van der Waals surface area contributed by atoms with Crippen LogP contribution in [-0.4, -0.2) is 99.3 Å². The molecule has 2 aliphatic heterocycles. The molecule has 0 unspecified atom stereocenters. The first-order valence-corrected chi connectivity index (χ1v) is 11.4. The third-order valence-corrected chi connectivity index (χ3v) is 6.63. The normalized spacial score (nSPS) is 32.3. The molecule has 2 heterocycles. The number of aliphatic hydroxyl groups excluding tert-OH is 3. The van der Waals surface area contributed by atoms with E-state index in [-0.39, 0.29) is 34.6 Å². The molecule has 0 saturated carbocycles. The Hall–Kier alpha value is -3.69. The van der Waals surface area contributed by atoms with Gasteiger partial charge in [0.05, 0.1) is 30.4 Å². The summed E-state index contributed by atoms with van der Waals surface area (Å²) >= 11 is 0. The molecule has 0 radical (unpaired) electrons. The van der Waals surface area contributed by atoms with Crippen molar-refractivity contribution in [2.45, 2.75) is 43.4 Å². The van der Waals surface area contributed by atoms with Crippen LogP contribution in [0.3, 0.4) is 0 Å². The van der Waals surface area contributed by atoms with Crippen LogP contribution in [0.2, 0.25) is 0 Å². The highest BCUT2D eigenvalue weighted by atomic mass is 16.8. The first-order chi connectivity index (χ1) is 18.0. The molecule has 1 aliphatic carbocycles. The lowest BCUT2D eigenvalue weighted by atomic mass is 9.83. The zero-order chi connectivity index (χ0) is 27.7. The maximum atomic E-state index is 12.5. The number of fused-ring (bicyclic) bond motifs is 1. The molecule has 8 atom stereocenters. The third-order valence-electron chi connectivity index (χ3n) is 6.63. The van der Waals surface area contributed by atoms with Gasteiger partial charge in [-0.1, -0.05) is 6.08 Å². The summed E-state index contributed by atoms with van der Waals surface area (Å²) < 4.78 is 26.7. The van der Waals surface area contributed by atoms with Gasteiger partial charge in [-0.25, -0.2) is 14.4 Å². The Balaban J connectivity index is 1.47. The van der Waals surface area contributed by atoms with Crippen molar-refractivity contribution in [2.75, 3.05) is 13.7 Å². The fourth-order valence-electron chi connectivity index (χ4n) is 4.62. The maximum Gasteiger partial charge on any atom is 0.338 e. The number of esters is 1. The summed E-state index contributed by atoms with van der Waals surface area (Å²) in [4.78, 5) is 35.8. The summed E-state index contributed by atoms with van der Waals surface area (Å²) in [5, 5.41) is 59.9. The molecule has 0 amide bonds. The number of carboxylic acids is 2. The first kappa shape index (κ1) is 27.3.